The van der Waals surface area contributed by atoms with Crippen LogP contribution in [0.3, 0.4) is 0 Å². The lowest BCUT2D eigenvalue weighted by molar-refractivity contribution is -0.142. The zero-order valence-electron chi connectivity index (χ0n) is 33.6. The molecule has 3 fully saturated rings. The van der Waals surface area contributed by atoms with E-state index < -0.39 is 86.8 Å². The zero-order chi connectivity index (χ0) is 42.8. The van der Waals surface area contributed by atoms with Crippen LogP contribution >= 0.6 is 11.6 Å². The van der Waals surface area contributed by atoms with Crippen molar-refractivity contribution in [2.75, 3.05) is 19.0 Å². The molecular formula is C40H48BClN6O10S. The molecule has 19 heteroatoms. The largest absolute Gasteiger partial charge is 0.494 e. The molecule has 3 aromatic rings. The molecule has 2 aliphatic heterocycles. The molecule has 2 saturated carbocycles. The highest BCUT2D eigenvalue weighted by atomic mass is 35.5. The SMILES string of the molecule is C=C[C@@H]1C[C@]1(NC(=O)[C@@H]1C[C@@H](Oc2ncc(OC)c3ccc(Cl)cc23)CN1C(=O)[C@@H](NC(=O)Nc1ccc2c(c1)B(O)OC2(C)C)C(C)(C)C)C(=O)NS(=O)(=O)C1CC1. The zero-order valence-corrected chi connectivity index (χ0v) is 35.2. The molecule has 16 nitrogen and oxygen atoms in total. The number of urea groups is 1. The van der Waals surface area contributed by atoms with Crippen LogP contribution in [0.25, 0.3) is 10.8 Å². The van der Waals surface area contributed by atoms with Gasteiger partial charge in [-0.05, 0) is 79.9 Å². The number of halogens is 1. The van der Waals surface area contributed by atoms with Gasteiger partial charge in [0.05, 0.1) is 30.7 Å². The molecule has 59 heavy (non-hydrogen) atoms. The van der Waals surface area contributed by atoms with Crippen molar-refractivity contribution < 1.29 is 46.7 Å². The number of amides is 5. The Morgan fingerprint density at radius 3 is 2.51 bits per heavy atom. The first-order chi connectivity index (χ1) is 27.7. The van der Waals surface area contributed by atoms with Crippen molar-refractivity contribution in [3.63, 3.8) is 0 Å². The third-order valence-electron chi connectivity index (χ3n) is 11.4. The van der Waals surface area contributed by atoms with Crippen molar-refractivity contribution in [3.8, 4) is 11.6 Å². The van der Waals surface area contributed by atoms with Crippen LogP contribution in [0.5, 0.6) is 11.6 Å². The molecule has 0 spiro atoms. The molecule has 314 valence electrons. The number of hydrogen-bond donors (Lipinski definition) is 5. The van der Waals surface area contributed by atoms with Gasteiger partial charge in [0.15, 0.2) is 0 Å². The first-order valence-electron chi connectivity index (χ1n) is 19.4. The fourth-order valence-electron chi connectivity index (χ4n) is 7.89. The summed E-state index contributed by atoms with van der Waals surface area (Å²) in [6.07, 6.45) is 3.07. The Morgan fingerprint density at radius 1 is 1.14 bits per heavy atom. The quantitative estimate of drug-likeness (QED) is 0.132. The molecule has 7 rings (SSSR count). The molecule has 2 aliphatic carbocycles. The van der Waals surface area contributed by atoms with E-state index in [4.69, 9.17) is 25.7 Å². The van der Waals surface area contributed by atoms with E-state index in [0.29, 0.717) is 45.5 Å². The molecular weight excluding hydrogens is 803 g/mol. The van der Waals surface area contributed by atoms with Gasteiger partial charge in [-0.1, -0.05) is 44.5 Å². The van der Waals surface area contributed by atoms with E-state index in [9.17, 15) is 32.6 Å². The molecule has 0 unspecified atom stereocenters. The number of pyridine rings is 1. The molecule has 5 N–H and O–H groups in total. The number of methoxy groups -OCH3 is 1. The summed E-state index contributed by atoms with van der Waals surface area (Å²) >= 11 is 6.36. The lowest BCUT2D eigenvalue weighted by Gasteiger charge is -2.35. The predicted molar refractivity (Wildman–Crippen MR) is 221 cm³/mol. The number of benzene rings is 2. The van der Waals surface area contributed by atoms with Crippen molar-refractivity contribution in [2.24, 2.45) is 11.3 Å². The molecule has 3 heterocycles. The molecule has 1 aromatic heterocycles. The number of anilines is 1. The van der Waals surface area contributed by atoms with Crippen LogP contribution in [0.4, 0.5) is 10.5 Å². The highest BCUT2D eigenvalue weighted by Crippen LogP contribution is 2.46. The summed E-state index contributed by atoms with van der Waals surface area (Å²) in [5, 5.41) is 19.7. The average Bonchev–Trinajstić information content (AvgIpc) is 4.08. The molecule has 5 amide bonds. The number of likely N-dealkylation sites (tertiary alicyclic amines) is 1. The molecule has 0 radical (unpaired) electrons. The maximum Gasteiger partial charge on any atom is 0.492 e. The summed E-state index contributed by atoms with van der Waals surface area (Å²) in [6.45, 7) is 12.6. The Kier molecular flexibility index (Phi) is 10.9. The van der Waals surface area contributed by atoms with Crippen molar-refractivity contribution in [1.82, 2.24) is 25.2 Å². The van der Waals surface area contributed by atoms with Crippen LogP contribution in [0, 0.1) is 11.3 Å². The van der Waals surface area contributed by atoms with Gasteiger partial charge in [0.2, 0.25) is 27.7 Å². The number of rotatable bonds is 12. The Morgan fingerprint density at radius 2 is 1.86 bits per heavy atom. The molecule has 4 aliphatic rings. The Bertz CT molecular complexity index is 2350. The van der Waals surface area contributed by atoms with Gasteiger partial charge in [0, 0.05) is 33.8 Å². The predicted octanol–water partition coefficient (Wildman–Crippen LogP) is 3.10. The minimum absolute atomic E-state index is 0.0525. The monoisotopic (exact) mass is 850 g/mol. The summed E-state index contributed by atoms with van der Waals surface area (Å²) in [6, 6.07) is 7.00. The van der Waals surface area contributed by atoms with E-state index >= 15 is 0 Å². The topological polar surface area (TPSA) is 215 Å². The summed E-state index contributed by atoms with van der Waals surface area (Å²) in [5.41, 5.74) is -1.61. The average molecular weight is 851 g/mol. The van der Waals surface area contributed by atoms with Crippen LogP contribution in [-0.2, 0) is 34.7 Å². The summed E-state index contributed by atoms with van der Waals surface area (Å²) in [5.74, 6) is -2.12. The van der Waals surface area contributed by atoms with Gasteiger partial charge in [-0.25, -0.2) is 18.2 Å². The second-order valence-electron chi connectivity index (χ2n) is 17.2. The highest BCUT2D eigenvalue weighted by Gasteiger charge is 2.62. The van der Waals surface area contributed by atoms with E-state index in [1.165, 1.54) is 24.3 Å². The summed E-state index contributed by atoms with van der Waals surface area (Å²) in [7, 11) is -3.62. The van der Waals surface area contributed by atoms with Crippen LogP contribution in [0.15, 0.2) is 55.3 Å². The number of nitrogens with one attached hydrogen (secondary N) is 4. The lowest BCUT2D eigenvalue weighted by Crippen LogP contribution is -2.60. The third kappa shape index (κ3) is 8.32. The number of sulfonamides is 1. The Balaban J connectivity index is 1.16. The standard InChI is InChI=1S/C40H48BClN6O10S/c1-8-21-18-40(21,36(51)47-59(54,55)25-11-12-25)46-33(49)30-17-24(57-34-27-15-22(42)9-13-26(27)31(56-7)19-43-34)20-48(30)35(50)32(38(2,3)4)45-37(52)44-23-10-14-28-29(16-23)41(53)58-39(28,5)6/h8-10,13-16,19,21,24-25,30,32,53H,1,11-12,17-18,20H2,2-7H3,(H,46,49)(H,47,51)(H2,44,45,52)/t21-,24-,30+,32-,40-/m1/s1. The van der Waals surface area contributed by atoms with E-state index in [2.05, 4.69) is 32.2 Å². The van der Waals surface area contributed by atoms with Gasteiger partial charge < -0.3 is 40.0 Å². The fraction of sp³-hybridized carbons (Fsp3) is 0.475. The number of ether oxygens (including phenoxy) is 2. The second-order valence-corrected chi connectivity index (χ2v) is 19.6. The van der Waals surface area contributed by atoms with Crippen LogP contribution in [0.2, 0.25) is 5.02 Å². The fourth-order valence-corrected chi connectivity index (χ4v) is 9.42. The van der Waals surface area contributed by atoms with E-state index in [-0.39, 0.29) is 25.3 Å². The molecule has 1 saturated heterocycles. The van der Waals surface area contributed by atoms with Crippen molar-refractivity contribution in [2.45, 2.75) is 94.9 Å². The van der Waals surface area contributed by atoms with Crippen molar-refractivity contribution in [3.05, 3.63) is 65.8 Å². The summed E-state index contributed by atoms with van der Waals surface area (Å²) < 4.78 is 45.2. The third-order valence-corrected chi connectivity index (χ3v) is 13.4. The maximum atomic E-state index is 14.8. The van der Waals surface area contributed by atoms with E-state index in [1.807, 2.05) is 13.8 Å². The maximum absolute atomic E-state index is 14.8. The van der Waals surface area contributed by atoms with Crippen LogP contribution in [0.1, 0.15) is 65.9 Å². The van der Waals surface area contributed by atoms with Gasteiger partial charge in [-0.3, -0.25) is 19.1 Å². The number of carbonyl (C=O) groups is 4. The van der Waals surface area contributed by atoms with Crippen molar-refractivity contribution in [1.29, 1.82) is 0 Å². The first-order valence-corrected chi connectivity index (χ1v) is 21.3. The van der Waals surface area contributed by atoms with Gasteiger partial charge in [-0.15, -0.1) is 6.58 Å². The van der Waals surface area contributed by atoms with Crippen LogP contribution in [-0.4, -0.2) is 96.8 Å². The van der Waals surface area contributed by atoms with E-state index in [0.717, 1.165) is 5.56 Å². The second kappa shape index (κ2) is 15.3. The minimum atomic E-state index is -3.94. The number of hydrogen-bond acceptors (Lipinski definition) is 11. The van der Waals surface area contributed by atoms with Crippen LogP contribution < -0.4 is 35.6 Å². The van der Waals surface area contributed by atoms with Gasteiger partial charge >= 0.3 is 13.1 Å². The van der Waals surface area contributed by atoms with E-state index in [1.54, 1.807) is 57.2 Å². The van der Waals surface area contributed by atoms with Gasteiger partial charge in [-0.2, -0.15) is 0 Å². The Labute approximate surface area is 347 Å². The summed E-state index contributed by atoms with van der Waals surface area (Å²) in [4.78, 5) is 62.2. The molecule has 0 bridgehead atoms. The normalized spacial score (nSPS) is 23.8. The number of carbonyl (C=O) groups excluding carboxylic acids is 4. The highest BCUT2D eigenvalue weighted by molar-refractivity contribution is 7.91. The Hall–Kier alpha value is -4.91. The molecule has 5 atom stereocenters. The lowest BCUT2D eigenvalue weighted by atomic mass is 9.78. The van der Waals surface area contributed by atoms with Crippen molar-refractivity contribution >= 4 is 74.4 Å². The first kappa shape index (κ1) is 42.2. The smallest absolute Gasteiger partial charge is 0.492 e. The number of nitrogens with zero attached hydrogens (tertiary/aromatic N) is 2. The number of aromatic nitrogens is 1. The number of fused-ring (bicyclic) bond motifs is 2. The van der Waals surface area contributed by atoms with Gasteiger partial charge in [0.25, 0.3) is 5.91 Å². The molecule has 2 aromatic carbocycles. The van der Waals surface area contributed by atoms with Gasteiger partial charge in [0.1, 0.15) is 29.5 Å². The minimum Gasteiger partial charge on any atom is -0.494 e.